The van der Waals surface area contributed by atoms with Gasteiger partial charge in [0.2, 0.25) is 0 Å². The van der Waals surface area contributed by atoms with Crippen LogP contribution in [0.1, 0.15) is 67.2 Å². The number of epoxide rings is 1. The average Bonchev–Trinajstić information content (AvgIpc) is 3.35. The van der Waals surface area contributed by atoms with Crippen LogP contribution in [0.25, 0.3) is 0 Å². The predicted octanol–water partition coefficient (Wildman–Crippen LogP) is 1.33. The SMILES string of the molecule is CC(=O)O[C@@H]1[C@H]2CC[C@@H]3[C@]1(C[C@@H](OC(C)=O)[C@@]1(O)C([C@@H]4O[C@@H]4C1(C)C)[C@]3(C)O)C[C@@]2(C)O. The molecule has 0 amide bonds. The van der Waals surface area contributed by atoms with Crippen LogP contribution in [0.3, 0.4) is 0 Å². The van der Waals surface area contributed by atoms with Crippen molar-refractivity contribution in [3.63, 3.8) is 0 Å². The second kappa shape index (κ2) is 6.26. The minimum absolute atomic E-state index is 0.202. The van der Waals surface area contributed by atoms with Crippen LogP contribution in [-0.2, 0) is 23.8 Å². The molecule has 5 rings (SSSR count). The van der Waals surface area contributed by atoms with Crippen molar-refractivity contribution >= 4 is 11.9 Å². The molecule has 0 aromatic rings. The lowest BCUT2D eigenvalue weighted by Crippen LogP contribution is -2.63. The van der Waals surface area contributed by atoms with Crippen molar-refractivity contribution in [3.05, 3.63) is 0 Å². The van der Waals surface area contributed by atoms with E-state index in [0.717, 1.165) is 0 Å². The van der Waals surface area contributed by atoms with Gasteiger partial charge in [-0.05, 0) is 45.4 Å². The zero-order valence-electron chi connectivity index (χ0n) is 19.8. The Kier molecular flexibility index (Phi) is 4.41. The minimum Gasteiger partial charge on any atom is -0.462 e. The van der Waals surface area contributed by atoms with Crippen LogP contribution in [0.4, 0.5) is 0 Å². The Balaban J connectivity index is 1.72. The van der Waals surface area contributed by atoms with E-state index < -0.39 is 57.7 Å². The van der Waals surface area contributed by atoms with Gasteiger partial charge in [0.1, 0.15) is 17.8 Å². The third-order valence-electron chi connectivity index (χ3n) is 9.94. The second-order valence-electron chi connectivity index (χ2n) is 12.1. The fraction of sp³-hybridized carbons (Fsp3) is 0.917. The molecule has 0 aromatic carbocycles. The summed E-state index contributed by atoms with van der Waals surface area (Å²) in [6.45, 7) is 9.95. The van der Waals surface area contributed by atoms with Crippen molar-refractivity contribution in [1.82, 2.24) is 0 Å². The molecule has 3 N–H and O–H groups in total. The van der Waals surface area contributed by atoms with Gasteiger partial charge >= 0.3 is 11.9 Å². The monoisotopic (exact) mass is 452 g/mol. The first-order chi connectivity index (χ1) is 14.6. The lowest BCUT2D eigenvalue weighted by atomic mass is 9.57. The molecule has 1 heterocycles. The summed E-state index contributed by atoms with van der Waals surface area (Å²) in [5.41, 5.74) is -5.65. The van der Waals surface area contributed by atoms with Gasteiger partial charge in [-0.15, -0.1) is 0 Å². The summed E-state index contributed by atoms with van der Waals surface area (Å²) in [5, 5.41) is 35.9. The van der Waals surface area contributed by atoms with Gasteiger partial charge in [-0.25, -0.2) is 0 Å². The number of hydrogen-bond donors (Lipinski definition) is 3. The van der Waals surface area contributed by atoms with Crippen LogP contribution in [-0.4, -0.2) is 68.5 Å². The van der Waals surface area contributed by atoms with Crippen LogP contribution in [0.2, 0.25) is 0 Å². The molecule has 8 heteroatoms. The molecule has 0 radical (unpaired) electrons. The number of ether oxygens (including phenoxy) is 3. The highest BCUT2D eigenvalue weighted by Crippen LogP contribution is 2.73. The maximum absolute atomic E-state index is 12.3. The quantitative estimate of drug-likeness (QED) is 0.423. The Morgan fingerprint density at radius 2 is 1.59 bits per heavy atom. The number of aliphatic hydroxyl groups is 3. The summed E-state index contributed by atoms with van der Waals surface area (Å²) < 4.78 is 17.6. The summed E-state index contributed by atoms with van der Waals surface area (Å²) >= 11 is 0. The molecule has 4 aliphatic carbocycles. The standard InChI is InChI=1S/C24H36O8/c1-11(25)30-15-9-23-10-21(5,27)13(18(23)31-12(2)26)7-8-14(23)22(6,28)17-16-19(32-16)20(3,4)24(15,17)29/h13-19,27-29H,7-10H2,1-6H3/t13-,14+,15-,16+,17?,18-,19+,21-,22-,23+,24-/m1/s1. The third kappa shape index (κ3) is 2.53. The first-order valence-electron chi connectivity index (χ1n) is 11.8. The van der Waals surface area contributed by atoms with Crippen molar-refractivity contribution in [2.24, 2.45) is 28.6 Å². The molecule has 0 aromatic heterocycles. The molecule has 5 aliphatic rings. The average molecular weight is 453 g/mol. The summed E-state index contributed by atoms with van der Waals surface area (Å²) in [5.74, 6) is -2.31. The Labute approximate surface area is 188 Å². The van der Waals surface area contributed by atoms with Crippen LogP contribution >= 0.6 is 0 Å². The maximum atomic E-state index is 12.3. The third-order valence-corrected chi connectivity index (χ3v) is 9.94. The molecule has 180 valence electrons. The summed E-state index contributed by atoms with van der Waals surface area (Å²) in [6, 6.07) is 0. The fourth-order valence-corrected chi connectivity index (χ4v) is 8.91. The number of carbonyl (C=O) groups is 2. The molecule has 1 aliphatic heterocycles. The van der Waals surface area contributed by atoms with E-state index in [4.69, 9.17) is 14.2 Å². The molecule has 8 nitrogen and oxygen atoms in total. The minimum atomic E-state index is -1.54. The van der Waals surface area contributed by atoms with Gasteiger partial charge in [-0.1, -0.05) is 13.8 Å². The van der Waals surface area contributed by atoms with Gasteiger partial charge in [-0.3, -0.25) is 9.59 Å². The van der Waals surface area contributed by atoms with Crippen LogP contribution in [0, 0.1) is 28.6 Å². The lowest BCUT2D eigenvalue weighted by Gasteiger charge is -2.52. The first-order valence-corrected chi connectivity index (χ1v) is 11.8. The molecule has 1 spiro atoms. The van der Waals surface area contributed by atoms with E-state index in [2.05, 4.69) is 0 Å². The zero-order valence-corrected chi connectivity index (χ0v) is 19.8. The van der Waals surface area contributed by atoms with Crippen molar-refractivity contribution in [2.45, 2.75) is 108 Å². The summed E-state index contributed by atoms with van der Waals surface area (Å²) in [6.07, 6.45) is -0.447. The smallest absolute Gasteiger partial charge is 0.303 e. The van der Waals surface area contributed by atoms with Gasteiger partial charge in [0.25, 0.3) is 0 Å². The fourth-order valence-electron chi connectivity index (χ4n) is 8.91. The van der Waals surface area contributed by atoms with Crippen molar-refractivity contribution in [2.75, 3.05) is 0 Å². The summed E-state index contributed by atoms with van der Waals surface area (Å²) in [4.78, 5) is 24.3. The van der Waals surface area contributed by atoms with E-state index in [9.17, 15) is 24.9 Å². The van der Waals surface area contributed by atoms with Crippen molar-refractivity contribution in [3.8, 4) is 0 Å². The largest absolute Gasteiger partial charge is 0.462 e. The molecule has 11 atom stereocenters. The number of hydrogen-bond acceptors (Lipinski definition) is 8. The number of esters is 2. The molecule has 1 saturated heterocycles. The molecule has 32 heavy (non-hydrogen) atoms. The van der Waals surface area contributed by atoms with E-state index in [-0.39, 0.29) is 30.5 Å². The van der Waals surface area contributed by atoms with Gasteiger partial charge in [0.15, 0.2) is 0 Å². The Morgan fingerprint density at radius 3 is 2.19 bits per heavy atom. The van der Waals surface area contributed by atoms with Crippen LogP contribution < -0.4 is 0 Å². The van der Waals surface area contributed by atoms with E-state index in [1.165, 1.54) is 13.8 Å². The molecule has 4 saturated carbocycles. The number of carbonyl (C=O) groups excluding carboxylic acids is 2. The zero-order chi connectivity index (χ0) is 23.6. The lowest BCUT2D eigenvalue weighted by molar-refractivity contribution is -0.230. The number of rotatable bonds is 2. The normalized spacial score (nSPS) is 57.0. The number of fused-ring (bicyclic) bond motifs is 4. The molecule has 2 bridgehead atoms. The van der Waals surface area contributed by atoms with Gasteiger partial charge in [-0.2, -0.15) is 0 Å². The summed E-state index contributed by atoms with van der Waals surface area (Å²) in [7, 11) is 0. The first kappa shape index (κ1) is 22.6. The second-order valence-corrected chi connectivity index (χ2v) is 12.1. The van der Waals surface area contributed by atoms with Gasteiger partial charge in [0, 0.05) is 36.5 Å². The molecular formula is C24H36O8. The van der Waals surface area contributed by atoms with Gasteiger partial charge in [0.05, 0.1) is 23.4 Å². The maximum Gasteiger partial charge on any atom is 0.303 e. The Morgan fingerprint density at radius 1 is 0.969 bits per heavy atom. The Bertz CT molecular complexity index is 864. The highest BCUT2D eigenvalue weighted by atomic mass is 16.6. The molecular weight excluding hydrogens is 416 g/mol. The highest BCUT2D eigenvalue weighted by molar-refractivity contribution is 5.67. The predicted molar refractivity (Wildman–Crippen MR) is 111 cm³/mol. The van der Waals surface area contributed by atoms with Crippen LogP contribution in [0.5, 0.6) is 0 Å². The van der Waals surface area contributed by atoms with E-state index in [1.807, 2.05) is 13.8 Å². The van der Waals surface area contributed by atoms with E-state index in [1.54, 1.807) is 13.8 Å². The Hall–Kier alpha value is -1.22. The van der Waals surface area contributed by atoms with E-state index >= 15 is 0 Å². The van der Waals surface area contributed by atoms with E-state index in [0.29, 0.717) is 19.3 Å². The van der Waals surface area contributed by atoms with Crippen molar-refractivity contribution < 1.29 is 39.1 Å². The van der Waals surface area contributed by atoms with Crippen molar-refractivity contribution in [1.29, 1.82) is 0 Å². The van der Waals surface area contributed by atoms with Gasteiger partial charge < -0.3 is 29.5 Å². The molecule has 1 unspecified atom stereocenters. The highest BCUT2D eigenvalue weighted by Gasteiger charge is 2.84. The topological polar surface area (TPSA) is 126 Å². The van der Waals surface area contributed by atoms with Crippen LogP contribution in [0.15, 0.2) is 0 Å². The molecule has 5 fully saturated rings.